The van der Waals surface area contributed by atoms with E-state index in [1.165, 1.54) is 19.3 Å². The lowest BCUT2D eigenvalue weighted by Crippen LogP contribution is -2.44. The summed E-state index contributed by atoms with van der Waals surface area (Å²) in [5, 5.41) is 18.5. The van der Waals surface area contributed by atoms with Crippen molar-refractivity contribution in [3.05, 3.63) is 11.6 Å². The van der Waals surface area contributed by atoms with Crippen molar-refractivity contribution in [1.82, 2.24) is 19.7 Å². The van der Waals surface area contributed by atoms with Gasteiger partial charge in [-0.25, -0.2) is 0 Å². The van der Waals surface area contributed by atoms with Gasteiger partial charge in [0.25, 0.3) is 0 Å². The Balaban J connectivity index is 1.55. The number of hydrogen-bond acceptors (Lipinski definition) is 4. The van der Waals surface area contributed by atoms with Crippen molar-refractivity contribution < 1.29 is 5.11 Å². The quantitative estimate of drug-likeness (QED) is 0.837. The molecule has 18 heavy (non-hydrogen) atoms. The lowest BCUT2D eigenvalue weighted by atomic mass is 10.00. The van der Waals surface area contributed by atoms with Crippen LogP contribution in [0.3, 0.4) is 0 Å². The SMILES string of the molecule is OC1CC2CCC(C1)N2Cc1nnc2n1CCC2. The van der Waals surface area contributed by atoms with E-state index >= 15 is 0 Å². The van der Waals surface area contributed by atoms with E-state index in [1.54, 1.807) is 0 Å². The zero-order chi connectivity index (χ0) is 12.1. The molecule has 1 aromatic heterocycles. The van der Waals surface area contributed by atoms with Gasteiger partial charge >= 0.3 is 0 Å². The Hall–Kier alpha value is -0.940. The van der Waals surface area contributed by atoms with Crippen molar-refractivity contribution in [3.63, 3.8) is 0 Å². The number of rotatable bonds is 2. The van der Waals surface area contributed by atoms with Crippen molar-refractivity contribution >= 4 is 0 Å². The number of aliphatic hydroxyl groups is 1. The Morgan fingerprint density at radius 1 is 1.17 bits per heavy atom. The van der Waals surface area contributed by atoms with E-state index in [-0.39, 0.29) is 6.10 Å². The molecule has 3 aliphatic rings. The highest BCUT2D eigenvalue weighted by Gasteiger charge is 2.40. The Morgan fingerprint density at radius 3 is 2.72 bits per heavy atom. The van der Waals surface area contributed by atoms with Gasteiger partial charge in [-0.05, 0) is 32.1 Å². The van der Waals surface area contributed by atoms with Crippen LogP contribution in [0.2, 0.25) is 0 Å². The van der Waals surface area contributed by atoms with Crippen LogP contribution in [-0.4, -0.2) is 43.0 Å². The van der Waals surface area contributed by atoms with Crippen LogP contribution in [0, 0.1) is 0 Å². The monoisotopic (exact) mass is 248 g/mol. The highest BCUT2D eigenvalue weighted by Crippen LogP contribution is 2.36. The maximum absolute atomic E-state index is 9.83. The highest BCUT2D eigenvalue weighted by atomic mass is 16.3. The van der Waals surface area contributed by atoms with E-state index in [4.69, 9.17) is 0 Å². The van der Waals surface area contributed by atoms with Crippen LogP contribution >= 0.6 is 0 Å². The molecule has 2 atom stereocenters. The standard InChI is InChI=1S/C13H20N4O/c18-11-6-9-3-4-10(7-11)17(9)8-13-15-14-12-2-1-5-16(12)13/h9-11,18H,1-8H2. The van der Waals surface area contributed by atoms with Gasteiger partial charge in [0, 0.05) is 25.0 Å². The Labute approximate surface area is 107 Å². The second kappa shape index (κ2) is 4.03. The third kappa shape index (κ3) is 1.61. The number of aliphatic hydroxyl groups excluding tert-OH is 1. The molecule has 0 aromatic carbocycles. The van der Waals surface area contributed by atoms with E-state index in [0.717, 1.165) is 44.0 Å². The first-order chi connectivity index (χ1) is 8.81. The van der Waals surface area contributed by atoms with Crippen molar-refractivity contribution in [2.45, 2.75) is 69.8 Å². The molecule has 0 aliphatic carbocycles. The van der Waals surface area contributed by atoms with Crippen LogP contribution in [0.25, 0.3) is 0 Å². The van der Waals surface area contributed by atoms with Gasteiger partial charge in [-0.15, -0.1) is 10.2 Å². The maximum atomic E-state index is 9.83. The number of aromatic nitrogens is 3. The molecular weight excluding hydrogens is 228 g/mol. The molecule has 4 heterocycles. The van der Waals surface area contributed by atoms with Gasteiger partial charge in [0.1, 0.15) is 11.6 Å². The van der Waals surface area contributed by atoms with E-state index < -0.39 is 0 Å². The molecule has 98 valence electrons. The molecule has 1 N–H and O–H groups in total. The summed E-state index contributed by atoms with van der Waals surface area (Å²) in [6.07, 6.45) is 6.57. The molecule has 2 unspecified atom stereocenters. The Morgan fingerprint density at radius 2 is 1.94 bits per heavy atom. The molecule has 2 bridgehead atoms. The molecule has 0 spiro atoms. The van der Waals surface area contributed by atoms with Gasteiger partial charge < -0.3 is 9.67 Å². The minimum absolute atomic E-state index is 0.0807. The van der Waals surface area contributed by atoms with Crippen LogP contribution < -0.4 is 0 Å². The third-order valence-corrected chi connectivity index (χ3v) is 4.87. The topological polar surface area (TPSA) is 54.2 Å². The first-order valence-corrected chi connectivity index (χ1v) is 7.16. The van der Waals surface area contributed by atoms with E-state index in [1.807, 2.05) is 0 Å². The fourth-order valence-corrected chi connectivity index (χ4v) is 3.99. The molecule has 1 aromatic rings. The summed E-state index contributed by atoms with van der Waals surface area (Å²) in [5.74, 6) is 2.30. The first kappa shape index (κ1) is 10.9. The summed E-state index contributed by atoms with van der Waals surface area (Å²) in [7, 11) is 0. The summed E-state index contributed by atoms with van der Waals surface area (Å²) < 4.78 is 2.30. The van der Waals surface area contributed by atoms with Crippen molar-refractivity contribution in [3.8, 4) is 0 Å². The first-order valence-electron chi connectivity index (χ1n) is 7.16. The molecule has 3 aliphatic heterocycles. The zero-order valence-corrected chi connectivity index (χ0v) is 10.6. The minimum atomic E-state index is -0.0807. The van der Waals surface area contributed by atoms with Crippen LogP contribution in [-0.2, 0) is 19.5 Å². The molecule has 2 saturated heterocycles. The summed E-state index contributed by atoms with van der Waals surface area (Å²) in [5.41, 5.74) is 0. The van der Waals surface area contributed by atoms with Crippen molar-refractivity contribution in [1.29, 1.82) is 0 Å². The molecule has 0 saturated carbocycles. The summed E-state index contributed by atoms with van der Waals surface area (Å²) in [6, 6.07) is 1.13. The molecule has 4 rings (SSSR count). The maximum Gasteiger partial charge on any atom is 0.147 e. The average Bonchev–Trinajstić information content (AvgIpc) is 2.98. The number of fused-ring (bicyclic) bond motifs is 3. The molecule has 0 amide bonds. The number of hydrogen-bond donors (Lipinski definition) is 1. The van der Waals surface area contributed by atoms with E-state index in [2.05, 4.69) is 19.7 Å². The minimum Gasteiger partial charge on any atom is -0.393 e. The van der Waals surface area contributed by atoms with Gasteiger partial charge in [0.05, 0.1) is 12.6 Å². The van der Waals surface area contributed by atoms with Crippen molar-refractivity contribution in [2.24, 2.45) is 0 Å². The lowest BCUT2D eigenvalue weighted by molar-refractivity contribution is 0.0291. The predicted octanol–water partition coefficient (Wildman–Crippen LogP) is 0.712. The smallest absolute Gasteiger partial charge is 0.147 e. The fourth-order valence-electron chi connectivity index (χ4n) is 3.99. The van der Waals surface area contributed by atoms with Gasteiger partial charge in [-0.2, -0.15) is 0 Å². The zero-order valence-electron chi connectivity index (χ0n) is 10.6. The van der Waals surface area contributed by atoms with Crippen LogP contribution in [0.4, 0.5) is 0 Å². The third-order valence-electron chi connectivity index (χ3n) is 4.87. The van der Waals surface area contributed by atoms with Crippen LogP contribution in [0.15, 0.2) is 0 Å². The molecule has 5 nitrogen and oxygen atoms in total. The van der Waals surface area contributed by atoms with Crippen molar-refractivity contribution in [2.75, 3.05) is 0 Å². The summed E-state index contributed by atoms with van der Waals surface area (Å²) in [4.78, 5) is 2.56. The number of nitrogens with zero attached hydrogens (tertiary/aromatic N) is 4. The van der Waals surface area contributed by atoms with Gasteiger partial charge in [-0.1, -0.05) is 0 Å². The molecular formula is C13H20N4O. The van der Waals surface area contributed by atoms with Crippen LogP contribution in [0.1, 0.15) is 43.8 Å². The Bertz CT molecular complexity index is 444. The second-order valence-corrected chi connectivity index (χ2v) is 5.97. The normalized spacial score (nSPS) is 35.1. The highest BCUT2D eigenvalue weighted by molar-refractivity contribution is 5.03. The average molecular weight is 248 g/mol. The van der Waals surface area contributed by atoms with Gasteiger partial charge in [0.2, 0.25) is 0 Å². The van der Waals surface area contributed by atoms with E-state index in [9.17, 15) is 5.11 Å². The molecule has 2 fully saturated rings. The molecule has 0 radical (unpaired) electrons. The number of piperidine rings is 1. The predicted molar refractivity (Wildman–Crippen MR) is 65.9 cm³/mol. The molecule has 5 heteroatoms. The van der Waals surface area contributed by atoms with Crippen LogP contribution in [0.5, 0.6) is 0 Å². The second-order valence-electron chi connectivity index (χ2n) is 5.97. The largest absolute Gasteiger partial charge is 0.393 e. The summed E-state index contributed by atoms with van der Waals surface area (Å²) >= 11 is 0. The lowest BCUT2D eigenvalue weighted by Gasteiger charge is -2.36. The van der Waals surface area contributed by atoms with Gasteiger partial charge in [-0.3, -0.25) is 4.90 Å². The Kier molecular flexibility index (Phi) is 2.45. The number of aryl methyl sites for hydroxylation is 1. The fraction of sp³-hybridized carbons (Fsp3) is 0.846. The van der Waals surface area contributed by atoms with Gasteiger partial charge in [0.15, 0.2) is 0 Å². The van der Waals surface area contributed by atoms with E-state index in [0.29, 0.717) is 12.1 Å². The summed E-state index contributed by atoms with van der Waals surface area (Å²) in [6.45, 7) is 2.01.